The fraction of sp³-hybridized carbons (Fsp3) is 0.706. The summed E-state index contributed by atoms with van der Waals surface area (Å²) in [4.78, 5) is 6.86. The van der Waals surface area contributed by atoms with Gasteiger partial charge in [-0.05, 0) is 57.8 Å². The van der Waals surface area contributed by atoms with Crippen LogP contribution in [0.5, 0.6) is 0 Å². The molecule has 7 heteroatoms. The number of hydrogen-bond acceptors (Lipinski definition) is 5. The second kappa shape index (κ2) is 7.37. The molecule has 2 fully saturated rings. The van der Waals surface area contributed by atoms with E-state index in [9.17, 15) is 8.42 Å². The molecule has 2 aliphatic rings. The Hall–Kier alpha value is -1.18. The number of aromatic nitrogens is 1. The number of pyridine rings is 1. The van der Waals surface area contributed by atoms with Crippen molar-refractivity contribution in [2.45, 2.75) is 43.0 Å². The number of rotatable bonds is 7. The van der Waals surface area contributed by atoms with Crippen LogP contribution < -0.4 is 5.32 Å². The Morgan fingerprint density at radius 1 is 1.25 bits per heavy atom. The van der Waals surface area contributed by atoms with E-state index < -0.39 is 10.0 Å². The van der Waals surface area contributed by atoms with Crippen molar-refractivity contribution in [1.82, 2.24) is 14.2 Å². The minimum atomic E-state index is -3.39. The highest BCUT2D eigenvalue weighted by molar-refractivity contribution is 7.89. The van der Waals surface area contributed by atoms with E-state index in [-0.39, 0.29) is 0 Å². The summed E-state index contributed by atoms with van der Waals surface area (Å²) in [6.07, 6.45) is 7.07. The first-order chi connectivity index (χ1) is 11.5. The molecule has 0 amide bonds. The van der Waals surface area contributed by atoms with Gasteiger partial charge in [0, 0.05) is 31.9 Å². The molecule has 1 saturated carbocycles. The molecule has 1 saturated heterocycles. The molecule has 6 nitrogen and oxygen atoms in total. The van der Waals surface area contributed by atoms with Crippen molar-refractivity contribution < 1.29 is 8.42 Å². The smallest absolute Gasteiger partial charge is 0.244 e. The molecule has 0 radical (unpaired) electrons. The molecular weight excluding hydrogens is 324 g/mol. The van der Waals surface area contributed by atoms with Gasteiger partial charge >= 0.3 is 0 Å². The zero-order chi connectivity index (χ0) is 17.2. The van der Waals surface area contributed by atoms with Gasteiger partial charge in [0.15, 0.2) is 0 Å². The SMILES string of the molecule is CN(C)C(CNc1ccc(S(=O)(=O)N2CCCCC2)cn1)C1CC1. The van der Waals surface area contributed by atoms with Crippen molar-refractivity contribution in [3.05, 3.63) is 18.3 Å². The average molecular weight is 353 g/mol. The van der Waals surface area contributed by atoms with Gasteiger partial charge in [0.05, 0.1) is 0 Å². The molecule has 1 N–H and O–H groups in total. The molecule has 0 bridgehead atoms. The van der Waals surface area contributed by atoms with E-state index >= 15 is 0 Å². The maximum atomic E-state index is 12.6. The van der Waals surface area contributed by atoms with E-state index in [1.807, 2.05) is 0 Å². The van der Waals surface area contributed by atoms with E-state index in [0.29, 0.717) is 24.0 Å². The van der Waals surface area contributed by atoms with Crippen molar-refractivity contribution >= 4 is 15.8 Å². The van der Waals surface area contributed by atoms with Crippen LogP contribution in [0.3, 0.4) is 0 Å². The summed E-state index contributed by atoms with van der Waals surface area (Å²) in [6, 6.07) is 3.95. The number of anilines is 1. The van der Waals surface area contributed by atoms with Crippen LogP contribution >= 0.6 is 0 Å². The molecule has 1 aromatic heterocycles. The second-order valence-electron chi connectivity index (χ2n) is 7.09. The zero-order valence-corrected chi connectivity index (χ0v) is 15.4. The second-order valence-corrected chi connectivity index (χ2v) is 9.03. The Balaban J connectivity index is 1.62. The third-order valence-corrected chi connectivity index (χ3v) is 6.89. The summed E-state index contributed by atoms with van der Waals surface area (Å²) in [6.45, 7) is 2.07. The highest BCUT2D eigenvalue weighted by atomic mass is 32.2. The maximum absolute atomic E-state index is 12.6. The lowest BCUT2D eigenvalue weighted by atomic mass is 10.1. The lowest BCUT2D eigenvalue weighted by Crippen LogP contribution is -2.36. The maximum Gasteiger partial charge on any atom is 0.244 e. The van der Waals surface area contributed by atoms with Gasteiger partial charge in [-0.2, -0.15) is 4.31 Å². The van der Waals surface area contributed by atoms with Gasteiger partial charge < -0.3 is 10.2 Å². The van der Waals surface area contributed by atoms with E-state index in [1.165, 1.54) is 19.0 Å². The average Bonchev–Trinajstić information content (AvgIpc) is 3.41. The molecule has 0 spiro atoms. The molecule has 1 aromatic rings. The summed E-state index contributed by atoms with van der Waals surface area (Å²) in [5.74, 6) is 1.51. The third-order valence-electron chi connectivity index (χ3n) is 5.01. The molecule has 134 valence electrons. The summed E-state index contributed by atoms with van der Waals surface area (Å²) in [7, 11) is 0.815. The summed E-state index contributed by atoms with van der Waals surface area (Å²) in [5, 5.41) is 3.34. The molecule has 3 rings (SSSR count). The summed E-state index contributed by atoms with van der Waals surface area (Å²) in [5.41, 5.74) is 0. The van der Waals surface area contributed by atoms with E-state index in [0.717, 1.165) is 37.5 Å². The first-order valence-electron chi connectivity index (χ1n) is 8.85. The number of nitrogens with zero attached hydrogens (tertiary/aromatic N) is 3. The van der Waals surface area contributed by atoms with Gasteiger partial charge in [-0.25, -0.2) is 13.4 Å². The van der Waals surface area contributed by atoms with Crippen LogP contribution in [0.2, 0.25) is 0 Å². The molecule has 24 heavy (non-hydrogen) atoms. The predicted octanol–water partition coefficient (Wildman–Crippen LogP) is 2.01. The molecule has 2 heterocycles. The lowest BCUT2D eigenvalue weighted by Gasteiger charge is -2.26. The first kappa shape index (κ1) is 17.6. The van der Waals surface area contributed by atoms with Crippen molar-refractivity contribution in [2.75, 3.05) is 39.0 Å². The molecule has 1 aliphatic carbocycles. The van der Waals surface area contributed by atoms with E-state index in [1.54, 1.807) is 16.4 Å². The fourth-order valence-corrected chi connectivity index (χ4v) is 4.82. The molecule has 1 atom stereocenters. The van der Waals surface area contributed by atoms with Crippen LogP contribution in [0.1, 0.15) is 32.1 Å². The number of sulfonamides is 1. The predicted molar refractivity (Wildman–Crippen MR) is 95.5 cm³/mol. The van der Waals surface area contributed by atoms with Gasteiger partial charge in [0.2, 0.25) is 10.0 Å². The van der Waals surface area contributed by atoms with Crippen LogP contribution in [0.25, 0.3) is 0 Å². The van der Waals surface area contributed by atoms with Crippen molar-refractivity contribution in [1.29, 1.82) is 0 Å². The fourth-order valence-electron chi connectivity index (χ4n) is 3.35. The largest absolute Gasteiger partial charge is 0.368 e. The molecule has 1 aliphatic heterocycles. The first-order valence-corrected chi connectivity index (χ1v) is 10.3. The summed E-state index contributed by atoms with van der Waals surface area (Å²) < 4.78 is 26.8. The van der Waals surface area contributed by atoms with E-state index in [2.05, 4.69) is 29.3 Å². The molecular formula is C17H28N4O2S. The number of likely N-dealkylation sites (N-methyl/N-ethyl adjacent to an activating group) is 1. The van der Waals surface area contributed by atoms with Gasteiger partial charge in [0.1, 0.15) is 10.7 Å². The van der Waals surface area contributed by atoms with Gasteiger partial charge in [-0.15, -0.1) is 0 Å². The van der Waals surface area contributed by atoms with Gasteiger partial charge in [-0.1, -0.05) is 6.42 Å². The number of nitrogens with one attached hydrogen (secondary N) is 1. The number of piperidine rings is 1. The highest BCUT2D eigenvalue weighted by Crippen LogP contribution is 2.34. The van der Waals surface area contributed by atoms with Crippen LogP contribution in [0.4, 0.5) is 5.82 Å². The lowest BCUT2D eigenvalue weighted by molar-refractivity contribution is 0.276. The van der Waals surface area contributed by atoms with Crippen molar-refractivity contribution in [3.63, 3.8) is 0 Å². The van der Waals surface area contributed by atoms with Crippen molar-refractivity contribution in [2.24, 2.45) is 5.92 Å². The molecule has 0 aromatic carbocycles. The third kappa shape index (κ3) is 4.07. The van der Waals surface area contributed by atoms with Gasteiger partial charge in [0.25, 0.3) is 0 Å². The van der Waals surface area contributed by atoms with Crippen LogP contribution in [0, 0.1) is 5.92 Å². The number of hydrogen-bond donors (Lipinski definition) is 1. The Bertz CT molecular complexity index is 633. The Morgan fingerprint density at radius 3 is 2.50 bits per heavy atom. The minimum absolute atomic E-state index is 0.293. The van der Waals surface area contributed by atoms with Crippen LogP contribution in [-0.2, 0) is 10.0 Å². The highest BCUT2D eigenvalue weighted by Gasteiger charge is 2.32. The Kier molecular flexibility index (Phi) is 5.42. The Morgan fingerprint density at radius 2 is 1.96 bits per heavy atom. The minimum Gasteiger partial charge on any atom is -0.368 e. The van der Waals surface area contributed by atoms with Crippen LogP contribution in [-0.4, -0.2) is 62.4 Å². The topological polar surface area (TPSA) is 65.5 Å². The van der Waals surface area contributed by atoms with Crippen LogP contribution in [0.15, 0.2) is 23.2 Å². The normalized spacial score (nSPS) is 21.0. The monoisotopic (exact) mass is 352 g/mol. The quantitative estimate of drug-likeness (QED) is 0.813. The summed E-state index contributed by atoms with van der Waals surface area (Å²) >= 11 is 0. The van der Waals surface area contributed by atoms with E-state index in [4.69, 9.17) is 0 Å². The molecule has 1 unspecified atom stereocenters. The van der Waals surface area contributed by atoms with Gasteiger partial charge in [-0.3, -0.25) is 0 Å². The zero-order valence-electron chi connectivity index (χ0n) is 14.6. The standard InChI is InChI=1S/C17H28N4O2S/c1-20(2)16(14-6-7-14)13-19-17-9-8-15(12-18-17)24(22,23)21-10-4-3-5-11-21/h8-9,12,14,16H,3-7,10-11,13H2,1-2H3,(H,18,19). The Labute approximate surface area is 145 Å². The van der Waals surface area contributed by atoms with Crippen molar-refractivity contribution in [3.8, 4) is 0 Å².